The van der Waals surface area contributed by atoms with E-state index in [0.717, 1.165) is 38.4 Å². The summed E-state index contributed by atoms with van der Waals surface area (Å²) >= 11 is 1.71. The fourth-order valence-corrected chi connectivity index (χ4v) is 2.80. The van der Waals surface area contributed by atoms with Gasteiger partial charge in [0.05, 0.1) is 18.8 Å². The summed E-state index contributed by atoms with van der Waals surface area (Å²) in [7, 11) is 0. The molecule has 1 heterocycles. The average molecular weight is 303 g/mol. The van der Waals surface area contributed by atoms with Gasteiger partial charge in [0.15, 0.2) is 0 Å². The first-order chi connectivity index (χ1) is 9.52. The highest BCUT2D eigenvalue weighted by molar-refractivity contribution is 7.98. The SMILES string of the molecule is CSCCC(N)C(=O)NCC1CN(CC(C)C)CCO1. The minimum absolute atomic E-state index is 0.0661. The van der Waals surface area contributed by atoms with Gasteiger partial charge in [-0.3, -0.25) is 9.69 Å². The van der Waals surface area contributed by atoms with Crippen LogP contribution in [0.3, 0.4) is 0 Å². The molecule has 2 unspecified atom stereocenters. The molecule has 1 aliphatic rings. The molecule has 20 heavy (non-hydrogen) atoms. The van der Waals surface area contributed by atoms with Crippen LogP contribution in [0.5, 0.6) is 0 Å². The molecule has 0 aromatic carbocycles. The van der Waals surface area contributed by atoms with Crippen LogP contribution in [0, 0.1) is 5.92 Å². The van der Waals surface area contributed by atoms with Crippen molar-refractivity contribution in [1.82, 2.24) is 10.2 Å². The number of carbonyl (C=O) groups excluding carboxylic acids is 1. The molecule has 5 nitrogen and oxygen atoms in total. The lowest BCUT2D eigenvalue weighted by molar-refractivity contribution is -0.123. The fourth-order valence-electron chi connectivity index (χ4n) is 2.31. The molecule has 1 saturated heterocycles. The van der Waals surface area contributed by atoms with Crippen LogP contribution in [0.1, 0.15) is 20.3 Å². The second-order valence-corrected chi connectivity index (χ2v) is 6.76. The van der Waals surface area contributed by atoms with E-state index in [1.807, 2.05) is 6.26 Å². The molecule has 2 atom stereocenters. The summed E-state index contributed by atoms with van der Waals surface area (Å²) in [6.07, 6.45) is 2.82. The van der Waals surface area contributed by atoms with Gasteiger partial charge in [0.2, 0.25) is 5.91 Å². The van der Waals surface area contributed by atoms with E-state index >= 15 is 0 Å². The maximum Gasteiger partial charge on any atom is 0.237 e. The van der Waals surface area contributed by atoms with Crippen molar-refractivity contribution in [3.05, 3.63) is 0 Å². The Morgan fingerprint density at radius 1 is 1.55 bits per heavy atom. The monoisotopic (exact) mass is 303 g/mol. The number of thioether (sulfide) groups is 1. The van der Waals surface area contributed by atoms with E-state index in [1.54, 1.807) is 11.8 Å². The smallest absolute Gasteiger partial charge is 0.237 e. The van der Waals surface area contributed by atoms with Gasteiger partial charge in [-0.25, -0.2) is 0 Å². The number of ether oxygens (including phenoxy) is 1. The van der Waals surface area contributed by atoms with Crippen molar-refractivity contribution in [2.75, 3.05) is 44.8 Å². The predicted octanol–water partition coefficient (Wildman–Crippen LogP) is 0.540. The van der Waals surface area contributed by atoms with Gasteiger partial charge in [0.1, 0.15) is 0 Å². The van der Waals surface area contributed by atoms with Gasteiger partial charge in [-0.2, -0.15) is 11.8 Å². The molecule has 3 N–H and O–H groups in total. The van der Waals surface area contributed by atoms with Gasteiger partial charge in [0.25, 0.3) is 0 Å². The van der Waals surface area contributed by atoms with Crippen LogP contribution in [-0.2, 0) is 9.53 Å². The lowest BCUT2D eigenvalue weighted by Gasteiger charge is -2.34. The third kappa shape index (κ3) is 6.92. The highest BCUT2D eigenvalue weighted by atomic mass is 32.2. The van der Waals surface area contributed by atoms with Crippen LogP contribution in [0.15, 0.2) is 0 Å². The molecule has 6 heteroatoms. The topological polar surface area (TPSA) is 67.6 Å². The second kappa shape index (κ2) is 9.60. The Kier molecular flexibility index (Phi) is 8.52. The van der Waals surface area contributed by atoms with Gasteiger partial charge < -0.3 is 15.8 Å². The van der Waals surface area contributed by atoms with Crippen molar-refractivity contribution in [2.24, 2.45) is 11.7 Å². The fraction of sp³-hybridized carbons (Fsp3) is 0.929. The molecular formula is C14H29N3O2S. The zero-order valence-corrected chi connectivity index (χ0v) is 13.7. The molecule has 1 aliphatic heterocycles. The lowest BCUT2D eigenvalue weighted by Crippen LogP contribution is -2.50. The number of nitrogens with one attached hydrogen (secondary N) is 1. The van der Waals surface area contributed by atoms with Crippen molar-refractivity contribution < 1.29 is 9.53 Å². The van der Waals surface area contributed by atoms with Crippen LogP contribution in [0.25, 0.3) is 0 Å². The summed E-state index contributed by atoms with van der Waals surface area (Å²) in [6.45, 7) is 8.69. The highest BCUT2D eigenvalue weighted by Crippen LogP contribution is 2.07. The molecule has 0 spiro atoms. The Morgan fingerprint density at radius 3 is 2.95 bits per heavy atom. The zero-order chi connectivity index (χ0) is 15.0. The van der Waals surface area contributed by atoms with Crippen molar-refractivity contribution in [2.45, 2.75) is 32.4 Å². The number of rotatable bonds is 8. The predicted molar refractivity (Wildman–Crippen MR) is 85.0 cm³/mol. The molecule has 0 aromatic rings. The lowest BCUT2D eigenvalue weighted by atomic mass is 10.1. The van der Waals surface area contributed by atoms with Crippen LogP contribution in [0.4, 0.5) is 0 Å². The first-order valence-corrected chi connectivity index (χ1v) is 8.78. The molecular weight excluding hydrogens is 274 g/mol. The molecule has 0 radical (unpaired) electrons. The Bertz CT molecular complexity index is 290. The third-order valence-electron chi connectivity index (χ3n) is 3.32. The van der Waals surface area contributed by atoms with Crippen molar-refractivity contribution >= 4 is 17.7 Å². The summed E-state index contributed by atoms with van der Waals surface area (Å²) in [6, 6.07) is -0.405. The van der Waals surface area contributed by atoms with Gasteiger partial charge in [-0.05, 0) is 24.3 Å². The molecule has 1 fully saturated rings. The molecule has 0 aromatic heterocycles. The molecule has 0 aliphatic carbocycles. The maximum absolute atomic E-state index is 11.8. The molecule has 0 saturated carbocycles. The largest absolute Gasteiger partial charge is 0.374 e. The van der Waals surface area contributed by atoms with E-state index in [9.17, 15) is 4.79 Å². The van der Waals surface area contributed by atoms with Gasteiger partial charge in [-0.1, -0.05) is 13.8 Å². The number of amides is 1. The van der Waals surface area contributed by atoms with E-state index in [0.29, 0.717) is 12.5 Å². The third-order valence-corrected chi connectivity index (χ3v) is 3.96. The highest BCUT2D eigenvalue weighted by Gasteiger charge is 2.22. The minimum Gasteiger partial charge on any atom is -0.374 e. The average Bonchev–Trinajstić information content (AvgIpc) is 2.41. The summed E-state index contributed by atoms with van der Waals surface area (Å²) in [5.74, 6) is 1.50. The van der Waals surface area contributed by atoms with Crippen LogP contribution >= 0.6 is 11.8 Å². The van der Waals surface area contributed by atoms with Crippen molar-refractivity contribution in [3.63, 3.8) is 0 Å². The first-order valence-electron chi connectivity index (χ1n) is 7.39. The summed E-state index contributed by atoms with van der Waals surface area (Å²) < 4.78 is 5.70. The van der Waals surface area contributed by atoms with Crippen LogP contribution in [0.2, 0.25) is 0 Å². The second-order valence-electron chi connectivity index (χ2n) is 5.78. The number of hydrogen-bond donors (Lipinski definition) is 2. The van der Waals surface area contributed by atoms with Crippen LogP contribution in [-0.4, -0.2) is 67.7 Å². The Balaban J connectivity index is 2.25. The minimum atomic E-state index is -0.405. The number of nitrogens with two attached hydrogens (primary N) is 1. The molecule has 118 valence electrons. The Hall–Kier alpha value is -0.300. The quantitative estimate of drug-likeness (QED) is 0.685. The van der Waals surface area contributed by atoms with Gasteiger partial charge in [0, 0.05) is 26.2 Å². The van der Waals surface area contributed by atoms with E-state index in [2.05, 4.69) is 24.1 Å². The van der Waals surface area contributed by atoms with Gasteiger partial charge in [-0.15, -0.1) is 0 Å². The van der Waals surface area contributed by atoms with E-state index in [-0.39, 0.29) is 12.0 Å². The van der Waals surface area contributed by atoms with Crippen LogP contribution < -0.4 is 11.1 Å². The zero-order valence-electron chi connectivity index (χ0n) is 12.9. The van der Waals surface area contributed by atoms with Crippen molar-refractivity contribution in [1.29, 1.82) is 0 Å². The maximum atomic E-state index is 11.8. The van der Waals surface area contributed by atoms with E-state index in [4.69, 9.17) is 10.5 Å². The Morgan fingerprint density at radius 2 is 2.30 bits per heavy atom. The van der Waals surface area contributed by atoms with E-state index < -0.39 is 6.04 Å². The van der Waals surface area contributed by atoms with Gasteiger partial charge >= 0.3 is 0 Å². The molecule has 1 rings (SSSR count). The number of morpholine rings is 1. The summed E-state index contributed by atoms with van der Waals surface area (Å²) in [5.41, 5.74) is 5.84. The Labute approximate surface area is 127 Å². The standard InChI is InChI=1S/C14H29N3O2S/c1-11(2)9-17-5-6-19-12(10-17)8-16-14(18)13(15)4-7-20-3/h11-13H,4-10,15H2,1-3H3,(H,16,18). The number of hydrogen-bond acceptors (Lipinski definition) is 5. The summed E-state index contributed by atoms with van der Waals surface area (Å²) in [5, 5.41) is 2.91. The number of nitrogens with zero attached hydrogens (tertiary/aromatic N) is 1. The first kappa shape index (κ1) is 17.8. The normalized spacial score (nSPS) is 21.9. The summed E-state index contributed by atoms with van der Waals surface area (Å²) in [4.78, 5) is 14.2. The van der Waals surface area contributed by atoms with E-state index in [1.165, 1.54) is 0 Å². The number of carbonyl (C=O) groups is 1. The van der Waals surface area contributed by atoms with Crippen molar-refractivity contribution in [3.8, 4) is 0 Å². The molecule has 0 bridgehead atoms. The molecule has 1 amide bonds.